The zero-order chi connectivity index (χ0) is 31.6. The van der Waals surface area contributed by atoms with Crippen molar-refractivity contribution in [1.82, 2.24) is 15.0 Å². The molecule has 0 bridgehead atoms. The average Bonchev–Trinajstić information content (AvgIpc) is 3.74. The van der Waals surface area contributed by atoms with Gasteiger partial charge in [0, 0.05) is 43.8 Å². The van der Waals surface area contributed by atoms with Crippen LogP contribution in [0.3, 0.4) is 0 Å². The number of para-hydroxylation sites is 2. The van der Waals surface area contributed by atoms with Gasteiger partial charge in [-0.25, -0.2) is 15.0 Å². The van der Waals surface area contributed by atoms with Crippen molar-refractivity contribution in [1.29, 1.82) is 0 Å². The first-order chi connectivity index (χ1) is 23.8. The molecule has 0 saturated heterocycles. The van der Waals surface area contributed by atoms with Crippen molar-refractivity contribution in [3.05, 3.63) is 152 Å². The van der Waals surface area contributed by atoms with Gasteiger partial charge in [-0.2, -0.15) is 0 Å². The molecule has 7 aromatic carbocycles. The molecule has 0 radical (unpaired) electrons. The summed E-state index contributed by atoms with van der Waals surface area (Å²) in [6.45, 7) is 0. The Morgan fingerprint density at radius 2 is 0.896 bits per heavy atom. The summed E-state index contributed by atoms with van der Waals surface area (Å²) in [5, 5.41) is 6.31. The molecule has 5 nitrogen and oxygen atoms in total. The topological polar surface area (TPSA) is 65.0 Å². The molecule has 0 atom stereocenters. The lowest BCUT2D eigenvalue weighted by molar-refractivity contribution is 0.668. The van der Waals surface area contributed by atoms with E-state index in [0.717, 1.165) is 82.5 Å². The minimum Gasteiger partial charge on any atom is -0.456 e. The molecule has 0 saturated carbocycles. The van der Waals surface area contributed by atoms with Gasteiger partial charge in [-0.05, 0) is 46.7 Å². The third-order valence-electron chi connectivity index (χ3n) is 9.16. The van der Waals surface area contributed by atoms with Crippen molar-refractivity contribution in [3.8, 4) is 45.3 Å². The van der Waals surface area contributed by atoms with E-state index in [1.165, 1.54) is 0 Å². The third kappa shape index (κ3) is 4.08. The number of hydrogen-bond donors (Lipinski definition) is 0. The summed E-state index contributed by atoms with van der Waals surface area (Å²) < 4.78 is 13.0. The Kier molecular flexibility index (Phi) is 5.81. The molecule has 0 amide bonds. The normalized spacial score (nSPS) is 11.8. The van der Waals surface area contributed by atoms with Gasteiger partial charge in [0.15, 0.2) is 17.5 Å². The first-order valence-corrected chi connectivity index (χ1v) is 15.9. The molecule has 3 heterocycles. The molecule has 3 aromatic heterocycles. The van der Waals surface area contributed by atoms with Crippen LogP contribution >= 0.6 is 0 Å². The van der Waals surface area contributed by atoms with E-state index >= 15 is 0 Å². The fourth-order valence-corrected chi connectivity index (χ4v) is 6.98. The van der Waals surface area contributed by atoms with Crippen LogP contribution in [0.25, 0.3) is 99.9 Å². The molecule has 224 valence electrons. The van der Waals surface area contributed by atoms with E-state index in [0.29, 0.717) is 17.5 Å². The summed E-state index contributed by atoms with van der Waals surface area (Å²) in [5.41, 5.74) is 8.06. The number of rotatable bonds is 4. The summed E-state index contributed by atoms with van der Waals surface area (Å²) in [7, 11) is 0. The van der Waals surface area contributed by atoms with Gasteiger partial charge in [-0.15, -0.1) is 0 Å². The molecule has 10 rings (SSSR count). The molecular formula is C43H25N3O2. The predicted molar refractivity (Wildman–Crippen MR) is 194 cm³/mol. The monoisotopic (exact) mass is 615 g/mol. The molecule has 0 aliphatic rings. The van der Waals surface area contributed by atoms with Crippen LogP contribution in [0.1, 0.15) is 0 Å². The molecule has 0 aliphatic carbocycles. The molecular weight excluding hydrogens is 590 g/mol. The molecule has 10 aromatic rings. The van der Waals surface area contributed by atoms with Crippen molar-refractivity contribution in [2.24, 2.45) is 0 Å². The van der Waals surface area contributed by atoms with Gasteiger partial charge in [-0.1, -0.05) is 121 Å². The van der Waals surface area contributed by atoms with E-state index in [9.17, 15) is 0 Å². The van der Waals surface area contributed by atoms with Crippen molar-refractivity contribution < 1.29 is 8.83 Å². The standard InChI is InChI=1S/C43H25N3O2/c1-2-13-27(14-3-1)41-44-42(31-20-10-15-26-12-4-5-16-28(26)31)46-43(45-41)34-25-24-30(40-39(34)33-18-7-9-22-36(33)48-40)29-19-11-23-37-38(29)32-17-6-8-21-35(32)47-37/h1-25H. The fraction of sp³-hybridized carbons (Fsp3) is 0. The Hall–Kier alpha value is -6.59. The maximum atomic E-state index is 6.72. The molecule has 0 N–H and O–H groups in total. The average molecular weight is 616 g/mol. The van der Waals surface area contributed by atoms with E-state index in [1.807, 2.05) is 78.9 Å². The Morgan fingerprint density at radius 3 is 1.73 bits per heavy atom. The number of aromatic nitrogens is 3. The van der Waals surface area contributed by atoms with Gasteiger partial charge >= 0.3 is 0 Å². The van der Waals surface area contributed by atoms with Gasteiger partial charge in [0.1, 0.15) is 22.3 Å². The van der Waals surface area contributed by atoms with Crippen molar-refractivity contribution in [2.45, 2.75) is 0 Å². The van der Waals surface area contributed by atoms with Crippen LogP contribution in [0.15, 0.2) is 160 Å². The zero-order valence-electron chi connectivity index (χ0n) is 25.6. The molecule has 0 aliphatic heterocycles. The highest BCUT2D eigenvalue weighted by atomic mass is 16.3. The second-order valence-corrected chi connectivity index (χ2v) is 11.9. The van der Waals surface area contributed by atoms with Crippen LogP contribution in [0.4, 0.5) is 0 Å². The van der Waals surface area contributed by atoms with E-state index in [2.05, 4.69) is 72.8 Å². The number of benzene rings is 7. The van der Waals surface area contributed by atoms with E-state index in [1.54, 1.807) is 0 Å². The smallest absolute Gasteiger partial charge is 0.164 e. The molecule has 0 fully saturated rings. The first kappa shape index (κ1) is 26.6. The summed E-state index contributed by atoms with van der Waals surface area (Å²) in [6, 6.07) is 51.5. The van der Waals surface area contributed by atoms with E-state index < -0.39 is 0 Å². The van der Waals surface area contributed by atoms with Crippen LogP contribution in [-0.2, 0) is 0 Å². The lowest BCUT2D eigenvalue weighted by atomic mass is 9.95. The number of fused-ring (bicyclic) bond motifs is 7. The van der Waals surface area contributed by atoms with Crippen LogP contribution in [0, 0.1) is 0 Å². The predicted octanol–water partition coefficient (Wildman–Crippen LogP) is 11.5. The van der Waals surface area contributed by atoms with Gasteiger partial charge in [0.25, 0.3) is 0 Å². The lowest BCUT2D eigenvalue weighted by Gasteiger charge is -2.12. The van der Waals surface area contributed by atoms with Gasteiger partial charge in [-0.3, -0.25) is 0 Å². The Morgan fingerprint density at radius 1 is 0.333 bits per heavy atom. The minimum atomic E-state index is 0.585. The van der Waals surface area contributed by atoms with Crippen LogP contribution in [0.5, 0.6) is 0 Å². The van der Waals surface area contributed by atoms with Crippen LogP contribution in [0.2, 0.25) is 0 Å². The lowest BCUT2D eigenvalue weighted by Crippen LogP contribution is -2.01. The second kappa shape index (κ2) is 10.5. The first-order valence-electron chi connectivity index (χ1n) is 15.9. The SMILES string of the molecule is c1ccc(-c2nc(-c3cccc4ccccc34)nc(-c3ccc(-c4cccc5oc6ccccc6c45)c4oc5ccccc5c34)n2)cc1. The summed E-state index contributed by atoms with van der Waals surface area (Å²) in [6.07, 6.45) is 0. The quantitative estimate of drug-likeness (QED) is 0.197. The molecule has 0 spiro atoms. The highest BCUT2D eigenvalue weighted by Crippen LogP contribution is 2.44. The zero-order valence-corrected chi connectivity index (χ0v) is 25.6. The second-order valence-electron chi connectivity index (χ2n) is 11.9. The Labute approximate surface area is 274 Å². The van der Waals surface area contributed by atoms with Gasteiger partial charge in [0.2, 0.25) is 0 Å². The number of nitrogens with zero attached hydrogens (tertiary/aromatic N) is 3. The summed E-state index contributed by atoms with van der Waals surface area (Å²) in [5.74, 6) is 1.82. The Balaban J connectivity index is 1.28. The third-order valence-corrected chi connectivity index (χ3v) is 9.16. The van der Waals surface area contributed by atoms with E-state index in [-0.39, 0.29) is 0 Å². The minimum absolute atomic E-state index is 0.585. The molecule has 5 heteroatoms. The largest absolute Gasteiger partial charge is 0.456 e. The summed E-state index contributed by atoms with van der Waals surface area (Å²) >= 11 is 0. The van der Waals surface area contributed by atoms with Crippen LogP contribution < -0.4 is 0 Å². The van der Waals surface area contributed by atoms with Crippen LogP contribution in [-0.4, -0.2) is 15.0 Å². The summed E-state index contributed by atoms with van der Waals surface area (Å²) in [4.78, 5) is 15.4. The highest BCUT2D eigenvalue weighted by Gasteiger charge is 2.22. The number of furan rings is 2. The highest BCUT2D eigenvalue weighted by molar-refractivity contribution is 6.20. The van der Waals surface area contributed by atoms with Gasteiger partial charge in [0.05, 0.1) is 0 Å². The van der Waals surface area contributed by atoms with Crippen molar-refractivity contribution in [2.75, 3.05) is 0 Å². The van der Waals surface area contributed by atoms with Crippen molar-refractivity contribution in [3.63, 3.8) is 0 Å². The van der Waals surface area contributed by atoms with Crippen molar-refractivity contribution >= 4 is 54.6 Å². The molecule has 0 unspecified atom stereocenters. The van der Waals surface area contributed by atoms with E-state index in [4.69, 9.17) is 23.8 Å². The fourth-order valence-electron chi connectivity index (χ4n) is 6.98. The Bertz CT molecular complexity index is 2840. The maximum Gasteiger partial charge on any atom is 0.164 e. The molecule has 48 heavy (non-hydrogen) atoms. The van der Waals surface area contributed by atoms with Gasteiger partial charge < -0.3 is 8.83 Å². The number of hydrogen-bond acceptors (Lipinski definition) is 5. The maximum absolute atomic E-state index is 6.72.